The van der Waals surface area contributed by atoms with Crippen LogP contribution in [0.3, 0.4) is 0 Å². The Balaban J connectivity index is 1.75. The lowest BCUT2D eigenvalue weighted by Crippen LogP contribution is -2.16. The molecule has 0 radical (unpaired) electrons. The summed E-state index contributed by atoms with van der Waals surface area (Å²) in [5.41, 5.74) is 1.86. The van der Waals surface area contributed by atoms with Crippen molar-refractivity contribution in [2.75, 3.05) is 0 Å². The van der Waals surface area contributed by atoms with E-state index in [1.807, 2.05) is 6.08 Å². The summed E-state index contributed by atoms with van der Waals surface area (Å²) in [7, 11) is 0. The van der Waals surface area contributed by atoms with Crippen LogP contribution < -0.4 is 0 Å². The molecule has 0 unspecified atom stereocenters. The van der Waals surface area contributed by atoms with Crippen LogP contribution in [0.15, 0.2) is 29.8 Å². The van der Waals surface area contributed by atoms with Gasteiger partial charge in [0.1, 0.15) is 5.82 Å². The Hall–Kier alpha value is -1.44. The maximum absolute atomic E-state index is 12.9. The third-order valence-electron chi connectivity index (χ3n) is 4.56. The van der Waals surface area contributed by atoms with E-state index in [0.717, 1.165) is 24.0 Å². The van der Waals surface area contributed by atoms with E-state index in [4.69, 9.17) is 0 Å². The Morgan fingerprint density at radius 3 is 2.42 bits per heavy atom. The van der Waals surface area contributed by atoms with Gasteiger partial charge in [0.2, 0.25) is 0 Å². The summed E-state index contributed by atoms with van der Waals surface area (Å²) in [6.45, 7) is 0. The van der Waals surface area contributed by atoms with E-state index >= 15 is 0 Å². The zero-order chi connectivity index (χ0) is 13.2. The van der Waals surface area contributed by atoms with Gasteiger partial charge in [0.15, 0.2) is 5.78 Å². The van der Waals surface area contributed by atoms with Crippen LogP contribution in [0.5, 0.6) is 0 Å². The fourth-order valence-electron chi connectivity index (χ4n) is 3.52. The number of halogens is 1. The molecule has 2 fully saturated rings. The Morgan fingerprint density at radius 1 is 1.05 bits per heavy atom. The first-order chi connectivity index (χ1) is 9.24. The van der Waals surface area contributed by atoms with Crippen molar-refractivity contribution in [3.05, 3.63) is 41.2 Å². The summed E-state index contributed by atoms with van der Waals surface area (Å²) >= 11 is 0. The minimum absolute atomic E-state index is 0.233. The first kappa shape index (κ1) is 12.6. The van der Waals surface area contributed by atoms with Gasteiger partial charge < -0.3 is 0 Å². The van der Waals surface area contributed by atoms with E-state index in [1.54, 1.807) is 12.1 Å². The standard InChI is InChI=1S/C17H19FO/c18-15-8-5-12(6-9-15)11-14-7-10-16(17(14)19)13-3-1-2-4-13/h5-6,8-9,11,13,16H,1-4,7,10H2/b14-11+/t16-/m1/s1. The highest BCUT2D eigenvalue weighted by atomic mass is 19.1. The molecule has 0 amide bonds. The molecule has 3 rings (SSSR count). The van der Waals surface area contributed by atoms with Crippen LogP contribution in [0.4, 0.5) is 4.39 Å². The third kappa shape index (κ3) is 2.63. The highest BCUT2D eigenvalue weighted by Crippen LogP contribution is 2.40. The second kappa shape index (κ2) is 5.28. The molecule has 1 atom stereocenters. The highest BCUT2D eigenvalue weighted by Gasteiger charge is 2.36. The van der Waals surface area contributed by atoms with Crippen LogP contribution in [0.1, 0.15) is 44.1 Å². The van der Waals surface area contributed by atoms with Gasteiger partial charge in [0, 0.05) is 5.92 Å². The quantitative estimate of drug-likeness (QED) is 0.719. The molecule has 0 aliphatic heterocycles. The molecule has 100 valence electrons. The summed E-state index contributed by atoms with van der Waals surface area (Å²) in [6, 6.07) is 6.36. The van der Waals surface area contributed by atoms with Crippen LogP contribution >= 0.6 is 0 Å². The Bertz CT molecular complexity index is 494. The molecule has 1 nitrogen and oxygen atoms in total. The fraction of sp³-hybridized carbons (Fsp3) is 0.471. The second-order valence-electron chi connectivity index (χ2n) is 5.78. The van der Waals surface area contributed by atoms with Gasteiger partial charge >= 0.3 is 0 Å². The lowest BCUT2D eigenvalue weighted by atomic mass is 9.88. The SMILES string of the molecule is O=C1/C(=C/c2ccc(F)cc2)CC[C@@H]1C1CCCC1. The zero-order valence-corrected chi connectivity index (χ0v) is 11.1. The van der Waals surface area contributed by atoms with E-state index in [1.165, 1.54) is 37.8 Å². The number of Topliss-reactive ketones (excluding diaryl/α,β-unsaturated/α-hetero) is 1. The van der Waals surface area contributed by atoms with E-state index in [0.29, 0.717) is 11.7 Å². The van der Waals surface area contributed by atoms with Crippen molar-refractivity contribution in [2.24, 2.45) is 11.8 Å². The molecular weight excluding hydrogens is 239 g/mol. The van der Waals surface area contributed by atoms with Gasteiger partial charge in [0.25, 0.3) is 0 Å². The van der Waals surface area contributed by atoms with Crippen molar-refractivity contribution in [2.45, 2.75) is 38.5 Å². The number of benzene rings is 1. The molecule has 1 aromatic carbocycles. The molecule has 2 heteroatoms. The number of carbonyl (C=O) groups excluding carboxylic acids is 1. The minimum Gasteiger partial charge on any atom is -0.294 e. The summed E-state index contributed by atoms with van der Waals surface area (Å²) in [5, 5.41) is 0. The van der Waals surface area contributed by atoms with Gasteiger partial charge in [-0.25, -0.2) is 4.39 Å². The summed E-state index contributed by atoms with van der Waals surface area (Å²) < 4.78 is 12.9. The van der Waals surface area contributed by atoms with E-state index in [-0.39, 0.29) is 11.7 Å². The third-order valence-corrected chi connectivity index (χ3v) is 4.56. The van der Waals surface area contributed by atoms with E-state index < -0.39 is 0 Å². The molecule has 19 heavy (non-hydrogen) atoms. The molecule has 0 saturated heterocycles. The zero-order valence-electron chi connectivity index (χ0n) is 11.1. The predicted molar refractivity (Wildman–Crippen MR) is 74.1 cm³/mol. The van der Waals surface area contributed by atoms with Crippen molar-refractivity contribution in [1.82, 2.24) is 0 Å². The normalized spacial score (nSPS) is 26.5. The molecule has 0 aromatic heterocycles. The van der Waals surface area contributed by atoms with Crippen LogP contribution in [-0.2, 0) is 4.79 Å². The Labute approximate surface area is 113 Å². The lowest BCUT2D eigenvalue weighted by Gasteiger charge is -2.15. The van der Waals surface area contributed by atoms with Gasteiger partial charge in [-0.1, -0.05) is 25.0 Å². The Morgan fingerprint density at radius 2 is 1.74 bits per heavy atom. The lowest BCUT2D eigenvalue weighted by molar-refractivity contribution is -0.119. The van der Waals surface area contributed by atoms with Crippen molar-refractivity contribution in [1.29, 1.82) is 0 Å². The number of hydrogen-bond donors (Lipinski definition) is 0. The van der Waals surface area contributed by atoms with Gasteiger partial charge in [-0.2, -0.15) is 0 Å². The number of hydrogen-bond acceptors (Lipinski definition) is 1. The van der Waals surface area contributed by atoms with Gasteiger partial charge in [0.05, 0.1) is 0 Å². The van der Waals surface area contributed by atoms with E-state index in [2.05, 4.69) is 0 Å². The van der Waals surface area contributed by atoms with Gasteiger partial charge in [-0.3, -0.25) is 4.79 Å². The molecular formula is C17H19FO. The summed E-state index contributed by atoms with van der Waals surface area (Å²) in [6.07, 6.45) is 8.85. The molecule has 2 aliphatic rings. The first-order valence-electron chi connectivity index (χ1n) is 7.24. The molecule has 2 aliphatic carbocycles. The summed E-state index contributed by atoms with van der Waals surface area (Å²) in [4.78, 5) is 12.4. The maximum Gasteiger partial charge on any atom is 0.162 e. The maximum atomic E-state index is 12.9. The first-order valence-corrected chi connectivity index (χ1v) is 7.24. The van der Waals surface area contributed by atoms with Crippen LogP contribution in [0.25, 0.3) is 6.08 Å². The Kier molecular flexibility index (Phi) is 3.50. The van der Waals surface area contributed by atoms with E-state index in [9.17, 15) is 9.18 Å². The van der Waals surface area contributed by atoms with Crippen LogP contribution in [-0.4, -0.2) is 5.78 Å². The monoisotopic (exact) mass is 258 g/mol. The smallest absolute Gasteiger partial charge is 0.162 e. The number of ketones is 1. The molecule has 1 aromatic rings. The molecule has 0 heterocycles. The molecule has 0 bridgehead atoms. The molecule has 0 N–H and O–H groups in total. The number of carbonyl (C=O) groups is 1. The topological polar surface area (TPSA) is 17.1 Å². The average molecular weight is 258 g/mol. The molecule has 2 saturated carbocycles. The average Bonchev–Trinajstić information content (AvgIpc) is 3.03. The minimum atomic E-state index is -0.233. The second-order valence-corrected chi connectivity index (χ2v) is 5.78. The molecule has 0 spiro atoms. The largest absolute Gasteiger partial charge is 0.294 e. The van der Waals surface area contributed by atoms with Crippen molar-refractivity contribution < 1.29 is 9.18 Å². The highest BCUT2D eigenvalue weighted by molar-refractivity contribution is 6.03. The number of rotatable bonds is 2. The van der Waals surface area contributed by atoms with Crippen molar-refractivity contribution in [3.8, 4) is 0 Å². The van der Waals surface area contributed by atoms with Gasteiger partial charge in [-0.15, -0.1) is 0 Å². The van der Waals surface area contributed by atoms with Crippen molar-refractivity contribution in [3.63, 3.8) is 0 Å². The number of allylic oxidation sites excluding steroid dienone is 1. The van der Waals surface area contributed by atoms with Crippen LogP contribution in [0, 0.1) is 17.7 Å². The summed E-state index contributed by atoms with van der Waals surface area (Å²) in [5.74, 6) is 0.987. The van der Waals surface area contributed by atoms with Crippen LogP contribution in [0.2, 0.25) is 0 Å². The predicted octanol–water partition coefficient (Wildman–Crippen LogP) is 4.38. The van der Waals surface area contributed by atoms with Crippen molar-refractivity contribution >= 4 is 11.9 Å². The van der Waals surface area contributed by atoms with Gasteiger partial charge in [-0.05, 0) is 60.9 Å². The fourth-order valence-corrected chi connectivity index (χ4v) is 3.52.